The van der Waals surface area contributed by atoms with Crippen LogP contribution < -0.4 is 0 Å². The van der Waals surface area contributed by atoms with Crippen LogP contribution >= 0.6 is 0 Å². The first-order valence-corrected chi connectivity index (χ1v) is 5.37. The molecule has 1 rings (SSSR count). The molecule has 0 fully saturated rings. The monoisotopic (exact) mass is 224 g/mol. The van der Waals surface area contributed by atoms with Crippen molar-refractivity contribution in [2.45, 2.75) is 39.5 Å². The minimum absolute atomic E-state index is 0.0719. The molecule has 0 saturated carbocycles. The molecular weight excluding hydrogens is 206 g/mol. The van der Waals surface area contributed by atoms with Gasteiger partial charge in [-0.05, 0) is 31.0 Å². The quantitative estimate of drug-likeness (QED) is 0.648. The van der Waals surface area contributed by atoms with Crippen molar-refractivity contribution in [2.24, 2.45) is 0 Å². The van der Waals surface area contributed by atoms with E-state index >= 15 is 0 Å². The molecule has 1 aromatic rings. The largest absolute Gasteiger partial charge is 0.270 e. The van der Waals surface area contributed by atoms with Crippen LogP contribution in [0.25, 0.3) is 0 Å². The molecule has 0 amide bonds. The van der Waals surface area contributed by atoms with E-state index in [1.54, 1.807) is 12.1 Å². The zero-order chi connectivity index (χ0) is 12.5. The van der Waals surface area contributed by atoms with E-state index in [4.69, 9.17) is 0 Å². The standard InChI is InChI=1S/C14H18F2/c1-9(2)11(4)13-7-6-12(8-10(13)3)14(5,15)16/h6-8,11H,1H2,2-5H3/t11-/m1/s1. The molecule has 0 aliphatic heterocycles. The van der Waals surface area contributed by atoms with E-state index in [-0.39, 0.29) is 11.5 Å². The SMILES string of the molecule is C=C(C)[C@@H](C)c1ccc(C(C)(F)F)cc1C. The highest BCUT2D eigenvalue weighted by Gasteiger charge is 2.24. The third-order valence-electron chi connectivity index (χ3n) is 2.98. The fourth-order valence-corrected chi connectivity index (χ4v) is 1.70. The first kappa shape index (κ1) is 12.9. The predicted octanol–water partition coefficient (Wildman–Crippen LogP) is 4.79. The molecule has 0 saturated heterocycles. The van der Waals surface area contributed by atoms with Crippen molar-refractivity contribution in [2.75, 3.05) is 0 Å². The molecule has 0 nitrogen and oxygen atoms in total. The zero-order valence-electron chi connectivity index (χ0n) is 10.3. The molecule has 0 aromatic heterocycles. The Morgan fingerprint density at radius 1 is 1.38 bits per heavy atom. The summed E-state index contributed by atoms with van der Waals surface area (Å²) in [5, 5.41) is 0. The summed E-state index contributed by atoms with van der Waals surface area (Å²) in [6.07, 6.45) is 0. The van der Waals surface area contributed by atoms with Gasteiger partial charge < -0.3 is 0 Å². The number of rotatable bonds is 3. The van der Waals surface area contributed by atoms with Crippen molar-refractivity contribution in [1.82, 2.24) is 0 Å². The van der Waals surface area contributed by atoms with Gasteiger partial charge in [0.1, 0.15) is 0 Å². The molecule has 0 unspecified atom stereocenters. The van der Waals surface area contributed by atoms with E-state index in [1.165, 1.54) is 6.07 Å². The molecule has 0 spiro atoms. The first-order chi connectivity index (χ1) is 7.23. The molecule has 0 aliphatic rings. The van der Waals surface area contributed by atoms with Gasteiger partial charge in [0.25, 0.3) is 5.92 Å². The van der Waals surface area contributed by atoms with Gasteiger partial charge in [-0.15, -0.1) is 0 Å². The Labute approximate surface area is 96.0 Å². The van der Waals surface area contributed by atoms with Gasteiger partial charge in [0.05, 0.1) is 0 Å². The van der Waals surface area contributed by atoms with Gasteiger partial charge in [-0.1, -0.05) is 31.2 Å². The van der Waals surface area contributed by atoms with Crippen LogP contribution in [0.4, 0.5) is 8.78 Å². The molecule has 1 atom stereocenters. The van der Waals surface area contributed by atoms with Crippen molar-refractivity contribution in [3.63, 3.8) is 0 Å². The predicted molar refractivity (Wildman–Crippen MR) is 64.0 cm³/mol. The lowest BCUT2D eigenvalue weighted by molar-refractivity contribution is 0.0174. The summed E-state index contributed by atoms with van der Waals surface area (Å²) in [4.78, 5) is 0. The van der Waals surface area contributed by atoms with E-state index in [0.717, 1.165) is 23.6 Å². The molecule has 16 heavy (non-hydrogen) atoms. The number of halogens is 2. The van der Waals surface area contributed by atoms with Crippen LogP contribution in [-0.4, -0.2) is 0 Å². The second-order valence-electron chi connectivity index (χ2n) is 4.53. The minimum atomic E-state index is -2.77. The second-order valence-corrected chi connectivity index (χ2v) is 4.53. The van der Waals surface area contributed by atoms with Gasteiger partial charge in [0, 0.05) is 18.4 Å². The normalized spacial score (nSPS) is 13.6. The molecule has 1 aromatic carbocycles. The third-order valence-corrected chi connectivity index (χ3v) is 2.98. The molecule has 0 N–H and O–H groups in total. The van der Waals surface area contributed by atoms with Crippen molar-refractivity contribution in [1.29, 1.82) is 0 Å². The first-order valence-electron chi connectivity index (χ1n) is 5.37. The Morgan fingerprint density at radius 2 is 1.94 bits per heavy atom. The average molecular weight is 224 g/mol. The highest BCUT2D eigenvalue weighted by Crippen LogP contribution is 2.31. The van der Waals surface area contributed by atoms with Crippen molar-refractivity contribution in [3.05, 3.63) is 47.0 Å². The van der Waals surface area contributed by atoms with Gasteiger partial charge in [-0.2, -0.15) is 0 Å². The van der Waals surface area contributed by atoms with E-state index in [0.29, 0.717) is 0 Å². The topological polar surface area (TPSA) is 0 Å². The van der Waals surface area contributed by atoms with Crippen LogP contribution in [-0.2, 0) is 5.92 Å². The van der Waals surface area contributed by atoms with Crippen LogP contribution in [0.3, 0.4) is 0 Å². The zero-order valence-corrected chi connectivity index (χ0v) is 10.3. The molecule has 0 aliphatic carbocycles. The summed E-state index contributed by atoms with van der Waals surface area (Å²) in [7, 11) is 0. The molecule has 0 radical (unpaired) electrons. The van der Waals surface area contributed by atoms with Crippen LogP contribution in [0.1, 0.15) is 43.4 Å². The van der Waals surface area contributed by atoms with Crippen LogP contribution in [0, 0.1) is 6.92 Å². The summed E-state index contributed by atoms with van der Waals surface area (Å²) < 4.78 is 26.2. The summed E-state index contributed by atoms with van der Waals surface area (Å²) in [5.41, 5.74) is 3.08. The summed E-state index contributed by atoms with van der Waals surface area (Å²) in [5.74, 6) is -2.56. The van der Waals surface area contributed by atoms with Gasteiger partial charge >= 0.3 is 0 Å². The number of aryl methyl sites for hydroxylation is 1. The number of alkyl halides is 2. The van der Waals surface area contributed by atoms with Crippen molar-refractivity contribution in [3.8, 4) is 0 Å². The summed E-state index contributed by atoms with van der Waals surface area (Å²) >= 11 is 0. The summed E-state index contributed by atoms with van der Waals surface area (Å²) in [6, 6.07) is 4.85. The lowest BCUT2D eigenvalue weighted by Crippen LogP contribution is -2.08. The molecular formula is C14H18F2. The lowest BCUT2D eigenvalue weighted by atomic mass is 9.90. The van der Waals surface area contributed by atoms with Gasteiger partial charge in [-0.3, -0.25) is 0 Å². The maximum Gasteiger partial charge on any atom is 0.270 e. The third kappa shape index (κ3) is 2.69. The smallest absolute Gasteiger partial charge is 0.202 e. The Bertz CT molecular complexity index is 400. The van der Waals surface area contributed by atoms with E-state index < -0.39 is 5.92 Å². The van der Waals surface area contributed by atoms with E-state index in [1.807, 2.05) is 20.8 Å². The maximum atomic E-state index is 13.1. The van der Waals surface area contributed by atoms with Gasteiger partial charge in [0.15, 0.2) is 0 Å². The lowest BCUT2D eigenvalue weighted by Gasteiger charge is -2.18. The summed E-state index contributed by atoms with van der Waals surface area (Å²) in [6.45, 7) is 10.7. The maximum absolute atomic E-state index is 13.1. The fourth-order valence-electron chi connectivity index (χ4n) is 1.70. The van der Waals surface area contributed by atoms with Crippen molar-refractivity contribution < 1.29 is 8.78 Å². The van der Waals surface area contributed by atoms with Gasteiger partial charge in [-0.25, -0.2) is 8.78 Å². The highest BCUT2D eigenvalue weighted by molar-refractivity contribution is 5.37. The van der Waals surface area contributed by atoms with E-state index in [9.17, 15) is 8.78 Å². The van der Waals surface area contributed by atoms with E-state index in [2.05, 4.69) is 6.58 Å². The number of benzene rings is 1. The van der Waals surface area contributed by atoms with Gasteiger partial charge in [0.2, 0.25) is 0 Å². The Hall–Kier alpha value is -1.18. The highest BCUT2D eigenvalue weighted by atomic mass is 19.3. The van der Waals surface area contributed by atoms with Crippen molar-refractivity contribution >= 4 is 0 Å². The minimum Gasteiger partial charge on any atom is -0.202 e. The average Bonchev–Trinajstić information content (AvgIpc) is 2.15. The molecule has 88 valence electrons. The Balaban J connectivity index is 3.15. The number of allylic oxidation sites excluding steroid dienone is 1. The second kappa shape index (κ2) is 4.36. The van der Waals surface area contributed by atoms with Crippen LogP contribution in [0.15, 0.2) is 30.4 Å². The van der Waals surface area contributed by atoms with Crippen LogP contribution in [0.5, 0.6) is 0 Å². The molecule has 0 heterocycles. The number of hydrogen-bond acceptors (Lipinski definition) is 0. The fraction of sp³-hybridized carbons (Fsp3) is 0.429. The van der Waals surface area contributed by atoms with Crippen LogP contribution in [0.2, 0.25) is 0 Å². The molecule has 2 heteroatoms. The Morgan fingerprint density at radius 3 is 2.31 bits per heavy atom. The number of hydrogen-bond donors (Lipinski definition) is 0. The Kier molecular flexibility index (Phi) is 3.51. The molecule has 0 bridgehead atoms.